The summed E-state index contributed by atoms with van der Waals surface area (Å²) in [5.74, 6) is -0.510. The normalized spacial score (nSPS) is 11.3. The SMILES string of the molecule is CCOC(=O)N/C(=C(\C(=O)OCC)c1ccccc1)c1ccccc1. The average molecular weight is 339 g/mol. The fourth-order valence-electron chi connectivity index (χ4n) is 2.33. The first-order chi connectivity index (χ1) is 12.2. The van der Waals surface area contributed by atoms with Crippen molar-refractivity contribution in [2.75, 3.05) is 13.2 Å². The first-order valence-electron chi connectivity index (χ1n) is 8.13. The van der Waals surface area contributed by atoms with Crippen molar-refractivity contribution in [1.82, 2.24) is 5.32 Å². The van der Waals surface area contributed by atoms with Crippen LogP contribution in [0, 0.1) is 0 Å². The Bertz CT molecular complexity index is 739. The van der Waals surface area contributed by atoms with Crippen molar-refractivity contribution in [2.45, 2.75) is 13.8 Å². The molecule has 0 aliphatic rings. The number of alkyl carbamates (subject to hydrolysis) is 1. The van der Waals surface area contributed by atoms with Crippen molar-refractivity contribution in [2.24, 2.45) is 0 Å². The maximum Gasteiger partial charge on any atom is 0.411 e. The summed E-state index contributed by atoms with van der Waals surface area (Å²) < 4.78 is 10.2. The van der Waals surface area contributed by atoms with Crippen molar-refractivity contribution in [3.63, 3.8) is 0 Å². The summed E-state index contributed by atoms with van der Waals surface area (Å²) in [6.07, 6.45) is -0.626. The molecular formula is C20H21NO4. The fraction of sp³-hybridized carbons (Fsp3) is 0.200. The monoisotopic (exact) mass is 339 g/mol. The Morgan fingerprint density at radius 2 is 1.32 bits per heavy atom. The van der Waals surface area contributed by atoms with Gasteiger partial charge in [0.05, 0.1) is 24.5 Å². The van der Waals surface area contributed by atoms with Gasteiger partial charge in [0.25, 0.3) is 0 Å². The number of ether oxygens (including phenoxy) is 2. The molecule has 0 radical (unpaired) electrons. The number of rotatable bonds is 6. The highest BCUT2D eigenvalue weighted by Gasteiger charge is 2.22. The van der Waals surface area contributed by atoms with Crippen LogP contribution in [0.2, 0.25) is 0 Å². The minimum atomic E-state index is -0.626. The molecule has 1 amide bonds. The topological polar surface area (TPSA) is 64.6 Å². The molecule has 0 unspecified atom stereocenters. The number of esters is 1. The quantitative estimate of drug-likeness (QED) is 0.493. The van der Waals surface area contributed by atoms with E-state index in [1.54, 1.807) is 26.0 Å². The third-order valence-corrected chi connectivity index (χ3v) is 3.36. The third-order valence-electron chi connectivity index (χ3n) is 3.36. The number of amides is 1. The van der Waals surface area contributed by atoms with Gasteiger partial charge in [0.15, 0.2) is 0 Å². The Hall–Kier alpha value is -3.08. The number of carbonyl (C=O) groups excluding carboxylic acids is 2. The summed E-state index contributed by atoms with van der Waals surface area (Å²) in [6, 6.07) is 18.2. The van der Waals surface area contributed by atoms with Crippen molar-refractivity contribution in [3.8, 4) is 0 Å². The van der Waals surface area contributed by atoms with Crippen LogP contribution in [0.4, 0.5) is 4.79 Å². The lowest BCUT2D eigenvalue weighted by molar-refractivity contribution is -0.136. The summed E-state index contributed by atoms with van der Waals surface area (Å²) in [6.45, 7) is 3.92. The molecule has 0 heterocycles. The second kappa shape index (κ2) is 9.27. The van der Waals surface area contributed by atoms with Gasteiger partial charge in [0, 0.05) is 0 Å². The maximum absolute atomic E-state index is 12.6. The van der Waals surface area contributed by atoms with Gasteiger partial charge in [-0.3, -0.25) is 5.32 Å². The van der Waals surface area contributed by atoms with Crippen LogP contribution in [-0.4, -0.2) is 25.3 Å². The van der Waals surface area contributed by atoms with E-state index in [1.165, 1.54) is 0 Å². The highest BCUT2D eigenvalue weighted by molar-refractivity contribution is 6.25. The van der Waals surface area contributed by atoms with E-state index in [0.29, 0.717) is 16.8 Å². The predicted molar refractivity (Wildman–Crippen MR) is 96.5 cm³/mol. The lowest BCUT2D eigenvalue weighted by Crippen LogP contribution is -2.25. The van der Waals surface area contributed by atoms with Gasteiger partial charge >= 0.3 is 12.1 Å². The molecule has 1 N–H and O–H groups in total. The first-order valence-corrected chi connectivity index (χ1v) is 8.13. The van der Waals surface area contributed by atoms with Crippen molar-refractivity contribution in [1.29, 1.82) is 0 Å². The maximum atomic E-state index is 12.6. The third kappa shape index (κ3) is 4.94. The summed E-state index contributed by atoms with van der Waals surface area (Å²) >= 11 is 0. The molecule has 0 bridgehead atoms. The zero-order valence-electron chi connectivity index (χ0n) is 14.3. The Morgan fingerprint density at radius 1 is 0.800 bits per heavy atom. The van der Waals surface area contributed by atoms with Crippen LogP contribution in [0.5, 0.6) is 0 Å². The van der Waals surface area contributed by atoms with Gasteiger partial charge < -0.3 is 9.47 Å². The molecule has 0 saturated carbocycles. The van der Waals surface area contributed by atoms with E-state index in [1.807, 2.05) is 48.5 Å². The minimum absolute atomic E-state index is 0.230. The van der Waals surface area contributed by atoms with Crippen molar-refractivity contribution < 1.29 is 19.1 Å². The molecule has 2 aromatic rings. The molecule has 5 nitrogen and oxygen atoms in total. The Labute approximate surface area is 147 Å². The van der Waals surface area contributed by atoms with Crippen LogP contribution in [0.3, 0.4) is 0 Å². The lowest BCUT2D eigenvalue weighted by Gasteiger charge is -2.16. The molecule has 0 aromatic heterocycles. The number of hydrogen-bond acceptors (Lipinski definition) is 4. The second-order valence-electron chi connectivity index (χ2n) is 5.05. The molecule has 0 spiro atoms. The fourth-order valence-corrected chi connectivity index (χ4v) is 2.33. The smallest absolute Gasteiger partial charge is 0.411 e. The largest absolute Gasteiger partial charge is 0.462 e. The van der Waals surface area contributed by atoms with Gasteiger partial charge in [-0.25, -0.2) is 9.59 Å². The molecule has 0 atom stereocenters. The summed E-state index contributed by atoms with van der Waals surface area (Å²) in [7, 11) is 0. The van der Waals surface area contributed by atoms with E-state index in [2.05, 4.69) is 5.32 Å². The zero-order chi connectivity index (χ0) is 18.1. The summed E-state index contributed by atoms with van der Waals surface area (Å²) in [4.78, 5) is 24.6. The summed E-state index contributed by atoms with van der Waals surface area (Å²) in [5, 5.41) is 2.69. The van der Waals surface area contributed by atoms with Crippen LogP contribution in [0.15, 0.2) is 60.7 Å². The lowest BCUT2D eigenvalue weighted by atomic mass is 9.99. The van der Waals surface area contributed by atoms with Gasteiger partial charge in [-0.1, -0.05) is 60.7 Å². The van der Waals surface area contributed by atoms with Crippen molar-refractivity contribution >= 4 is 23.3 Å². The van der Waals surface area contributed by atoms with Gasteiger partial charge in [-0.2, -0.15) is 0 Å². The average Bonchev–Trinajstić information content (AvgIpc) is 2.63. The molecule has 130 valence electrons. The van der Waals surface area contributed by atoms with Crippen LogP contribution in [0.1, 0.15) is 25.0 Å². The molecule has 2 rings (SSSR count). The van der Waals surface area contributed by atoms with E-state index >= 15 is 0 Å². The van der Waals surface area contributed by atoms with Crippen LogP contribution in [0.25, 0.3) is 11.3 Å². The zero-order valence-corrected chi connectivity index (χ0v) is 14.3. The highest BCUT2D eigenvalue weighted by atomic mass is 16.5. The molecule has 0 aliphatic heterocycles. The van der Waals surface area contributed by atoms with E-state index in [-0.39, 0.29) is 18.8 Å². The van der Waals surface area contributed by atoms with E-state index in [4.69, 9.17) is 9.47 Å². The molecule has 0 saturated heterocycles. The molecule has 25 heavy (non-hydrogen) atoms. The number of carbonyl (C=O) groups is 2. The number of nitrogens with one attached hydrogen (secondary N) is 1. The van der Waals surface area contributed by atoms with Gasteiger partial charge in [0.2, 0.25) is 0 Å². The minimum Gasteiger partial charge on any atom is -0.462 e. The van der Waals surface area contributed by atoms with E-state index in [9.17, 15) is 9.59 Å². The Morgan fingerprint density at radius 3 is 1.84 bits per heavy atom. The molecule has 0 aliphatic carbocycles. The van der Waals surface area contributed by atoms with Crippen LogP contribution in [-0.2, 0) is 14.3 Å². The van der Waals surface area contributed by atoms with Gasteiger partial charge in [-0.05, 0) is 25.0 Å². The van der Waals surface area contributed by atoms with E-state index in [0.717, 1.165) is 0 Å². The Kier molecular flexibility index (Phi) is 6.77. The van der Waals surface area contributed by atoms with Crippen LogP contribution < -0.4 is 5.32 Å². The standard InChI is InChI=1S/C20H21NO4/c1-3-24-19(22)17(15-11-7-5-8-12-15)18(21-20(23)25-4-2)16-13-9-6-10-14-16/h5-14H,3-4H2,1-2H3,(H,21,23)/b18-17-. The highest BCUT2D eigenvalue weighted by Crippen LogP contribution is 2.26. The van der Waals surface area contributed by atoms with Crippen molar-refractivity contribution in [3.05, 3.63) is 71.8 Å². The van der Waals surface area contributed by atoms with Gasteiger partial charge in [0.1, 0.15) is 0 Å². The summed E-state index contributed by atoms with van der Waals surface area (Å²) in [5.41, 5.74) is 1.96. The van der Waals surface area contributed by atoms with Gasteiger partial charge in [-0.15, -0.1) is 0 Å². The number of hydrogen-bond donors (Lipinski definition) is 1. The predicted octanol–water partition coefficient (Wildman–Crippen LogP) is 3.86. The first kappa shape index (κ1) is 18.3. The Balaban J connectivity index is 2.63. The molecule has 2 aromatic carbocycles. The number of benzene rings is 2. The molecular weight excluding hydrogens is 318 g/mol. The molecule has 5 heteroatoms. The van der Waals surface area contributed by atoms with E-state index < -0.39 is 12.1 Å². The van der Waals surface area contributed by atoms with Crippen LogP contribution >= 0.6 is 0 Å². The molecule has 0 fully saturated rings. The second-order valence-corrected chi connectivity index (χ2v) is 5.05.